The second-order valence-electron chi connectivity index (χ2n) is 12.5. The van der Waals surface area contributed by atoms with Crippen molar-refractivity contribution in [3.8, 4) is 28.7 Å². The van der Waals surface area contributed by atoms with Crippen LogP contribution in [0.2, 0.25) is 0 Å². The number of imidazole rings is 1. The Labute approximate surface area is 283 Å². The monoisotopic (exact) mass is 680 g/mol. The molecular weight excluding hydrogens is 649 g/mol. The zero-order valence-corrected chi connectivity index (χ0v) is 27.1. The van der Waals surface area contributed by atoms with E-state index in [1.165, 1.54) is 12.7 Å². The van der Waals surface area contributed by atoms with E-state index in [0.717, 1.165) is 35.9 Å². The number of rotatable bonds is 8. The van der Waals surface area contributed by atoms with Gasteiger partial charge in [0.15, 0.2) is 11.5 Å². The highest BCUT2D eigenvalue weighted by atomic mass is 19.4. The summed E-state index contributed by atoms with van der Waals surface area (Å²) in [6.07, 6.45) is 2.79. The summed E-state index contributed by atoms with van der Waals surface area (Å²) in [5, 5.41) is 8.31. The van der Waals surface area contributed by atoms with E-state index in [-0.39, 0.29) is 11.5 Å². The Balaban J connectivity index is 1.23. The van der Waals surface area contributed by atoms with E-state index >= 15 is 0 Å². The fraction of sp³-hybridized carbons (Fsp3) is 0.314. The molecular formula is C35H31F3N10O2. The molecule has 0 bridgehead atoms. The fourth-order valence-corrected chi connectivity index (χ4v) is 6.69. The van der Waals surface area contributed by atoms with E-state index in [2.05, 4.69) is 35.1 Å². The molecule has 2 aliphatic rings. The van der Waals surface area contributed by atoms with Crippen LogP contribution in [0.1, 0.15) is 66.4 Å². The van der Waals surface area contributed by atoms with Crippen molar-refractivity contribution in [1.82, 2.24) is 44.7 Å². The van der Waals surface area contributed by atoms with Gasteiger partial charge in [-0.05, 0) is 49.8 Å². The normalized spacial score (nSPS) is 14.9. The average Bonchev–Trinajstić information content (AvgIpc) is 3.91. The van der Waals surface area contributed by atoms with E-state index in [4.69, 9.17) is 9.72 Å². The number of hydrogen-bond donors (Lipinski definition) is 1. The van der Waals surface area contributed by atoms with Crippen molar-refractivity contribution in [3.63, 3.8) is 0 Å². The van der Waals surface area contributed by atoms with Gasteiger partial charge in [-0.2, -0.15) is 23.3 Å². The number of aromatic nitrogens is 9. The molecule has 0 spiro atoms. The summed E-state index contributed by atoms with van der Waals surface area (Å²) in [5.74, 6) is 1.63. The van der Waals surface area contributed by atoms with Gasteiger partial charge >= 0.3 is 6.18 Å². The number of nitrogens with one attached hydrogen (secondary N) is 1. The predicted octanol–water partition coefficient (Wildman–Crippen LogP) is 6.05. The van der Waals surface area contributed by atoms with E-state index in [1.807, 2.05) is 42.2 Å². The standard InChI is InChI=1S/C35H31F3N10O2/c1-19(28-24-7-3-4-8-25(24)32(49)46-45-28)48(34-42-18-40-30(44-34)27-29(21-10-11-21)39-17-41-33(27)50-2)15-20-9-12-23-22(14-20)6-5-13-47-16-26(35(36,37)38)43-31(23)47/h3-4,7-9,12,14,16-19,21H,5-6,10-11,13,15H2,1-2H3,(H,46,49)/t19-/m1/s1. The van der Waals surface area contributed by atoms with Crippen molar-refractivity contribution >= 4 is 16.7 Å². The van der Waals surface area contributed by atoms with Gasteiger partial charge in [-0.25, -0.2) is 30.0 Å². The lowest BCUT2D eigenvalue weighted by atomic mass is 9.99. The minimum atomic E-state index is -4.53. The number of nitrogens with zero attached hydrogens (tertiary/aromatic N) is 9. The Morgan fingerprint density at radius 1 is 1.04 bits per heavy atom. The third kappa shape index (κ3) is 5.71. The summed E-state index contributed by atoms with van der Waals surface area (Å²) in [4.78, 5) is 41.6. The number of aryl methyl sites for hydroxylation is 2. The highest BCUT2D eigenvalue weighted by Gasteiger charge is 2.36. The first-order valence-electron chi connectivity index (χ1n) is 16.3. The third-order valence-corrected chi connectivity index (χ3v) is 9.30. The molecule has 6 aromatic rings. The Morgan fingerprint density at radius 3 is 2.62 bits per heavy atom. The maximum atomic E-state index is 13.6. The number of H-pyrrole nitrogens is 1. The molecule has 0 unspecified atom stereocenters. The Kier molecular flexibility index (Phi) is 7.76. The number of fused-ring (bicyclic) bond motifs is 4. The largest absolute Gasteiger partial charge is 0.480 e. The van der Waals surface area contributed by atoms with Crippen LogP contribution in [0.5, 0.6) is 5.88 Å². The first kappa shape index (κ1) is 31.5. The van der Waals surface area contributed by atoms with E-state index in [9.17, 15) is 18.0 Å². The second kappa shape index (κ2) is 12.3. The van der Waals surface area contributed by atoms with Crippen LogP contribution in [0.15, 0.2) is 66.1 Å². The number of anilines is 1. The summed E-state index contributed by atoms with van der Waals surface area (Å²) < 4.78 is 47.9. The molecule has 1 aliphatic carbocycles. The van der Waals surface area contributed by atoms with Gasteiger partial charge in [0.05, 0.1) is 29.9 Å². The molecule has 1 atom stereocenters. The van der Waals surface area contributed by atoms with Crippen molar-refractivity contribution in [2.45, 2.75) is 63.8 Å². The fourth-order valence-electron chi connectivity index (χ4n) is 6.69. The lowest BCUT2D eigenvalue weighted by Crippen LogP contribution is -2.30. The molecule has 254 valence electrons. The zero-order valence-electron chi connectivity index (χ0n) is 27.1. The first-order chi connectivity index (χ1) is 24.2. The number of hydrogen-bond acceptors (Lipinski definition) is 10. The third-order valence-electron chi connectivity index (χ3n) is 9.30. The minimum absolute atomic E-state index is 0.260. The predicted molar refractivity (Wildman–Crippen MR) is 177 cm³/mol. The highest BCUT2D eigenvalue weighted by molar-refractivity contribution is 5.84. The molecule has 0 amide bonds. The van der Waals surface area contributed by atoms with Gasteiger partial charge in [0, 0.05) is 36.2 Å². The van der Waals surface area contributed by atoms with Gasteiger partial charge in [-0.15, -0.1) is 0 Å². The second-order valence-corrected chi connectivity index (χ2v) is 12.5. The van der Waals surface area contributed by atoms with Gasteiger partial charge < -0.3 is 14.2 Å². The zero-order chi connectivity index (χ0) is 34.6. The Morgan fingerprint density at radius 2 is 1.84 bits per heavy atom. The molecule has 0 saturated heterocycles. The van der Waals surface area contributed by atoms with Gasteiger partial charge in [0.25, 0.3) is 5.56 Å². The quantitative estimate of drug-likeness (QED) is 0.202. The number of ether oxygens (including phenoxy) is 1. The highest BCUT2D eigenvalue weighted by Crippen LogP contribution is 2.45. The smallest absolute Gasteiger partial charge is 0.434 e. The first-order valence-corrected chi connectivity index (χ1v) is 16.3. The summed E-state index contributed by atoms with van der Waals surface area (Å²) >= 11 is 0. The Bertz CT molecular complexity index is 2300. The van der Waals surface area contributed by atoms with Crippen LogP contribution < -0.4 is 15.2 Å². The molecule has 0 radical (unpaired) electrons. The van der Waals surface area contributed by atoms with Crippen molar-refractivity contribution < 1.29 is 17.9 Å². The molecule has 4 aromatic heterocycles. The van der Waals surface area contributed by atoms with E-state index in [0.29, 0.717) is 77.0 Å². The molecule has 1 N–H and O–H groups in total. The maximum absolute atomic E-state index is 13.6. The summed E-state index contributed by atoms with van der Waals surface area (Å²) in [6, 6.07) is 12.5. The molecule has 5 heterocycles. The van der Waals surface area contributed by atoms with Gasteiger partial charge in [0.1, 0.15) is 24.0 Å². The van der Waals surface area contributed by atoms with E-state index < -0.39 is 17.9 Å². The van der Waals surface area contributed by atoms with Crippen LogP contribution in [0.25, 0.3) is 33.5 Å². The van der Waals surface area contributed by atoms with Crippen LogP contribution in [-0.4, -0.2) is 51.8 Å². The molecule has 50 heavy (non-hydrogen) atoms. The lowest BCUT2D eigenvalue weighted by molar-refractivity contribution is -0.140. The lowest BCUT2D eigenvalue weighted by Gasteiger charge is -2.30. The van der Waals surface area contributed by atoms with Crippen molar-refractivity contribution in [2.24, 2.45) is 0 Å². The van der Waals surface area contributed by atoms with Gasteiger partial charge in [0.2, 0.25) is 11.8 Å². The van der Waals surface area contributed by atoms with Crippen molar-refractivity contribution in [1.29, 1.82) is 0 Å². The molecule has 8 rings (SSSR count). The average molecular weight is 681 g/mol. The van der Waals surface area contributed by atoms with Crippen LogP contribution >= 0.6 is 0 Å². The maximum Gasteiger partial charge on any atom is 0.434 e. The molecule has 15 heteroatoms. The van der Waals surface area contributed by atoms with Crippen LogP contribution in [0, 0.1) is 0 Å². The van der Waals surface area contributed by atoms with Gasteiger partial charge in [-0.1, -0.05) is 36.4 Å². The minimum Gasteiger partial charge on any atom is -0.480 e. The molecule has 12 nitrogen and oxygen atoms in total. The SMILES string of the molecule is COc1ncnc(C2CC2)c1-c1ncnc(N(Cc2ccc3c(c2)CCCn2cc(C(F)(F)F)nc2-3)[C@H](C)c2n[nH]c(=O)c3ccccc23)n1. The van der Waals surface area contributed by atoms with Crippen molar-refractivity contribution in [2.75, 3.05) is 12.0 Å². The number of halogens is 3. The van der Waals surface area contributed by atoms with Crippen LogP contribution in [0.4, 0.5) is 19.1 Å². The topological polar surface area (TPSA) is 140 Å². The van der Waals surface area contributed by atoms with E-state index in [1.54, 1.807) is 23.8 Å². The molecule has 1 saturated carbocycles. The number of aromatic amines is 1. The number of alkyl halides is 3. The molecule has 2 aromatic carbocycles. The summed E-state index contributed by atoms with van der Waals surface area (Å²) in [6.45, 7) is 2.68. The van der Waals surface area contributed by atoms with Gasteiger partial charge in [-0.3, -0.25) is 4.79 Å². The summed E-state index contributed by atoms with van der Waals surface area (Å²) in [5.41, 5.74) is 3.28. The van der Waals surface area contributed by atoms with Crippen LogP contribution in [-0.2, 0) is 25.7 Å². The molecule has 1 fully saturated rings. The number of methoxy groups -OCH3 is 1. The summed E-state index contributed by atoms with van der Waals surface area (Å²) in [7, 11) is 1.54. The number of benzene rings is 2. The Hall–Kier alpha value is -5.73. The molecule has 1 aliphatic heterocycles. The van der Waals surface area contributed by atoms with Crippen molar-refractivity contribution in [3.05, 3.63) is 99.9 Å². The van der Waals surface area contributed by atoms with Crippen LogP contribution in [0.3, 0.4) is 0 Å².